The molecule has 8 heteroatoms. The second kappa shape index (κ2) is 10.1. The molecule has 6 nitrogen and oxygen atoms in total. The number of nitrogens with zero attached hydrogens (tertiary/aromatic N) is 1. The number of hydrogen-bond donors (Lipinski definition) is 1. The van der Waals surface area contributed by atoms with Gasteiger partial charge in [0.25, 0.3) is 10.1 Å². The molecule has 1 atom stereocenters. The SMILES string of the molecule is Cc1ccc(C(C/C=C/C2=CCCN(S(=O)(=O)c3ccc(C)cc3)CC2)S(=O)(=O)O)cc1. The van der Waals surface area contributed by atoms with E-state index in [2.05, 4.69) is 0 Å². The lowest BCUT2D eigenvalue weighted by atomic mass is 10.1. The highest BCUT2D eigenvalue weighted by molar-refractivity contribution is 7.89. The van der Waals surface area contributed by atoms with Crippen LogP contribution in [0.1, 0.15) is 41.2 Å². The fourth-order valence-electron chi connectivity index (χ4n) is 3.67. The predicted octanol–water partition coefficient (Wildman–Crippen LogP) is 4.59. The van der Waals surface area contributed by atoms with Crippen LogP contribution in [-0.2, 0) is 20.1 Å². The van der Waals surface area contributed by atoms with E-state index in [1.54, 1.807) is 42.5 Å². The number of benzene rings is 2. The molecule has 1 heterocycles. The molecule has 0 amide bonds. The second-order valence-electron chi connectivity index (χ2n) is 8.09. The first-order chi connectivity index (χ1) is 15.1. The van der Waals surface area contributed by atoms with Crippen LogP contribution in [0, 0.1) is 13.8 Å². The highest BCUT2D eigenvalue weighted by Crippen LogP contribution is 2.27. The van der Waals surface area contributed by atoms with Gasteiger partial charge in [-0.05, 0) is 50.8 Å². The molecular weight excluding hydrogens is 446 g/mol. The van der Waals surface area contributed by atoms with Gasteiger partial charge < -0.3 is 0 Å². The molecule has 172 valence electrons. The Balaban J connectivity index is 1.66. The lowest BCUT2D eigenvalue weighted by molar-refractivity contribution is 0.427. The van der Waals surface area contributed by atoms with E-state index in [4.69, 9.17) is 0 Å². The van der Waals surface area contributed by atoms with Gasteiger partial charge in [0, 0.05) is 13.1 Å². The third-order valence-corrected chi connectivity index (χ3v) is 8.68. The van der Waals surface area contributed by atoms with Gasteiger partial charge in [0.15, 0.2) is 0 Å². The lowest BCUT2D eigenvalue weighted by Gasteiger charge is -2.20. The van der Waals surface area contributed by atoms with Crippen molar-refractivity contribution in [1.29, 1.82) is 0 Å². The quantitative estimate of drug-likeness (QED) is 0.592. The maximum absolute atomic E-state index is 12.9. The summed E-state index contributed by atoms with van der Waals surface area (Å²) in [5.41, 5.74) is 3.49. The fraction of sp³-hybridized carbons (Fsp3) is 0.333. The average molecular weight is 476 g/mol. The summed E-state index contributed by atoms with van der Waals surface area (Å²) in [5.74, 6) is 0. The summed E-state index contributed by atoms with van der Waals surface area (Å²) in [6.45, 7) is 4.57. The molecule has 1 N–H and O–H groups in total. The molecule has 3 rings (SSSR count). The number of allylic oxidation sites excluding steroid dienone is 2. The van der Waals surface area contributed by atoms with Crippen LogP contribution in [0.4, 0.5) is 0 Å². The largest absolute Gasteiger partial charge is 0.285 e. The third-order valence-electron chi connectivity index (χ3n) is 5.58. The number of sulfonamides is 1. The van der Waals surface area contributed by atoms with Gasteiger partial charge in [-0.1, -0.05) is 71.3 Å². The van der Waals surface area contributed by atoms with E-state index in [1.165, 1.54) is 4.31 Å². The Morgan fingerprint density at radius 3 is 2.12 bits per heavy atom. The molecule has 0 saturated heterocycles. The Bertz CT molecular complexity index is 1200. The van der Waals surface area contributed by atoms with Gasteiger partial charge >= 0.3 is 0 Å². The van der Waals surface area contributed by atoms with Crippen molar-refractivity contribution < 1.29 is 21.4 Å². The van der Waals surface area contributed by atoms with Gasteiger partial charge in [0.2, 0.25) is 10.0 Å². The first kappa shape index (κ1) is 24.4. The Kier molecular flexibility index (Phi) is 7.71. The summed E-state index contributed by atoms with van der Waals surface area (Å²) in [7, 11) is -7.82. The molecule has 1 aliphatic rings. The van der Waals surface area contributed by atoms with E-state index in [-0.39, 0.29) is 11.3 Å². The van der Waals surface area contributed by atoms with Crippen molar-refractivity contribution in [3.05, 3.63) is 89.0 Å². The summed E-state index contributed by atoms with van der Waals surface area (Å²) in [6, 6.07) is 13.9. The molecule has 0 aromatic heterocycles. The zero-order valence-corrected chi connectivity index (χ0v) is 19.9. The van der Waals surface area contributed by atoms with E-state index in [0.717, 1.165) is 16.7 Å². The molecule has 0 radical (unpaired) electrons. The van der Waals surface area contributed by atoms with Crippen molar-refractivity contribution in [2.45, 2.75) is 43.3 Å². The Morgan fingerprint density at radius 2 is 1.53 bits per heavy atom. The highest BCUT2D eigenvalue weighted by Gasteiger charge is 2.26. The van der Waals surface area contributed by atoms with E-state index in [1.807, 2.05) is 38.1 Å². The van der Waals surface area contributed by atoms with Crippen LogP contribution < -0.4 is 0 Å². The van der Waals surface area contributed by atoms with Crippen LogP contribution in [0.25, 0.3) is 0 Å². The molecule has 0 spiro atoms. The average Bonchev–Trinajstić information content (AvgIpc) is 2.98. The fourth-order valence-corrected chi connectivity index (χ4v) is 5.98. The maximum Gasteiger partial charge on any atom is 0.272 e. The molecule has 2 aromatic rings. The topological polar surface area (TPSA) is 91.8 Å². The first-order valence-electron chi connectivity index (χ1n) is 10.5. The smallest absolute Gasteiger partial charge is 0.272 e. The minimum atomic E-state index is -4.26. The Labute approximate surface area is 191 Å². The Hall–Kier alpha value is -2.26. The summed E-state index contributed by atoms with van der Waals surface area (Å²) in [6.07, 6.45) is 6.77. The third kappa shape index (κ3) is 6.16. The van der Waals surface area contributed by atoms with Gasteiger partial charge in [-0.2, -0.15) is 12.7 Å². The molecule has 1 unspecified atom stereocenters. The van der Waals surface area contributed by atoms with Crippen LogP contribution in [0.15, 0.2) is 77.2 Å². The number of hydrogen-bond acceptors (Lipinski definition) is 4. The van der Waals surface area contributed by atoms with E-state index >= 15 is 0 Å². The number of rotatable bonds is 7. The molecule has 0 fully saturated rings. The van der Waals surface area contributed by atoms with Gasteiger partial charge in [0.1, 0.15) is 5.25 Å². The zero-order chi connectivity index (χ0) is 23.4. The van der Waals surface area contributed by atoms with Crippen LogP contribution in [0.2, 0.25) is 0 Å². The normalized spacial score (nSPS) is 17.2. The highest BCUT2D eigenvalue weighted by atomic mass is 32.2. The van der Waals surface area contributed by atoms with Crippen LogP contribution in [0.5, 0.6) is 0 Å². The van der Waals surface area contributed by atoms with Crippen LogP contribution in [0.3, 0.4) is 0 Å². The number of aryl methyl sites for hydroxylation is 2. The second-order valence-corrected chi connectivity index (χ2v) is 11.6. The molecule has 0 saturated carbocycles. The molecule has 2 aromatic carbocycles. The maximum atomic E-state index is 12.9. The molecule has 0 aliphatic carbocycles. The molecule has 0 bridgehead atoms. The van der Waals surface area contributed by atoms with Gasteiger partial charge in [-0.15, -0.1) is 0 Å². The summed E-state index contributed by atoms with van der Waals surface area (Å²) in [4.78, 5) is 0.288. The van der Waals surface area contributed by atoms with Crippen molar-refractivity contribution in [2.24, 2.45) is 0 Å². The van der Waals surface area contributed by atoms with Crippen molar-refractivity contribution in [2.75, 3.05) is 13.1 Å². The minimum absolute atomic E-state index is 0.130. The molecule has 1 aliphatic heterocycles. The molecule has 32 heavy (non-hydrogen) atoms. The molecular formula is C24H29NO5S2. The minimum Gasteiger partial charge on any atom is -0.285 e. The van der Waals surface area contributed by atoms with Crippen molar-refractivity contribution in [1.82, 2.24) is 4.31 Å². The lowest BCUT2D eigenvalue weighted by Crippen LogP contribution is -2.32. The van der Waals surface area contributed by atoms with E-state index in [0.29, 0.717) is 31.5 Å². The standard InChI is InChI=1S/C24H29NO5S2/c1-19-8-12-22(13-9-19)24(32(28,29)30)7-3-5-21-6-4-17-25(18-16-21)31(26,27)23-14-10-20(2)11-15-23/h3,5-6,8-15,24H,4,7,16-18H2,1-2H3,(H,28,29,30)/b5-3+. The monoisotopic (exact) mass is 475 g/mol. The zero-order valence-electron chi connectivity index (χ0n) is 18.3. The van der Waals surface area contributed by atoms with E-state index in [9.17, 15) is 21.4 Å². The van der Waals surface area contributed by atoms with Gasteiger partial charge in [0.05, 0.1) is 4.90 Å². The van der Waals surface area contributed by atoms with Crippen molar-refractivity contribution >= 4 is 20.1 Å². The summed E-state index contributed by atoms with van der Waals surface area (Å²) in [5, 5.41) is -1.04. The van der Waals surface area contributed by atoms with E-state index < -0.39 is 25.4 Å². The predicted molar refractivity (Wildman–Crippen MR) is 126 cm³/mol. The Morgan fingerprint density at radius 1 is 0.938 bits per heavy atom. The first-order valence-corrected chi connectivity index (χ1v) is 13.5. The summed E-state index contributed by atoms with van der Waals surface area (Å²) < 4.78 is 60.8. The van der Waals surface area contributed by atoms with Gasteiger partial charge in [-0.25, -0.2) is 8.42 Å². The summed E-state index contributed by atoms with van der Waals surface area (Å²) >= 11 is 0. The van der Waals surface area contributed by atoms with Crippen molar-refractivity contribution in [3.8, 4) is 0 Å². The van der Waals surface area contributed by atoms with Crippen LogP contribution >= 0.6 is 0 Å². The van der Waals surface area contributed by atoms with Crippen molar-refractivity contribution in [3.63, 3.8) is 0 Å². The van der Waals surface area contributed by atoms with Gasteiger partial charge in [-0.3, -0.25) is 4.55 Å². The van der Waals surface area contributed by atoms with Crippen LogP contribution in [-0.4, -0.2) is 38.8 Å².